The average molecular weight is 251 g/mol. The highest BCUT2D eigenvalue weighted by molar-refractivity contribution is 5.97. The largest absolute Gasteiger partial charge is 0.504 e. The summed E-state index contributed by atoms with van der Waals surface area (Å²) in [5, 5.41) is 9.99. The first-order chi connectivity index (χ1) is 8.56. The smallest absolute Gasteiger partial charge is 0.257 e. The summed E-state index contributed by atoms with van der Waals surface area (Å²) in [5.74, 6) is 0.0658. The standard InChI is InChI=1S/C14H21NO3/c1-5-10(3)15(6-2)14(17)11-8-7-9-12(18-4)13(11)16/h7-10,16H,5-6H2,1-4H3. The fraction of sp³-hybridized carbons (Fsp3) is 0.500. The van der Waals surface area contributed by atoms with Crippen molar-refractivity contribution < 1.29 is 14.6 Å². The number of nitrogens with zero attached hydrogens (tertiary/aromatic N) is 1. The highest BCUT2D eigenvalue weighted by Crippen LogP contribution is 2.30. The van der Waals surface area contributed by atoms with E-state index in [0.717, 1.165) is 6.42 Å². The van der Waals surface area contributed by atoms with E-state index < -0.39 is 0 Å². The van der Waals surface area contributed by atoms with Crippen LogP contribution in [-0.4, -0.2) is 35.6 Å². The van der Waals surface area contributed by atoms with Crippen molar-refractivity contribution in [1.82, 2.24) is 4.90 Å². The van der Waals surface area contributed by atoms with Crippen molar-refractivity contribution in [2.75, 3.05) is 13.7 Å². The fourth-order valence-electron chi connectivity index (χ4n) is 1.89. The monoisotopic (exact) mass is 251 g/mol. The number of aromatic hydroxyl groups is 1. The third-order valence-corrected chi connectivity index (χ3v) is 3.17. The molecular formula is C14H21NO3. The minimum Gasteiger partial charge on any atom is -0.504 e. The Hall–Kier alpha value is -1.71. The van der Waals surface area contributed by atoms with Gasteiger partial charge in [0.2, 0.25) is 0 Å². The first kappa shape index (κ1) is 14.4. The van der Waals surface area contributed by atoms with Crippen LogP contribution in [0.3, 0.4) is 0 Å². The maximum atomic E-state index is 12.4. The molecule has 0 spiro atoms. The van der Waals surface area contributed by atoms with Gasteiger partial charge in [-0.1, -0.05) is 13.0 Å². The number of ether oxygens (including phenoxy) is 1. The van der Waals surface area contributed by atoms with E-state index >= 15 is 0 Å². The first-order valence-corrected chi connectivity index (χ1v) is 6.23. The molecule has 0 saturated heterocycles. The molecule has 0 aliphatic rings. The van der Waals surface area contributed by atoms with E-state index in [-0.39, 0.29) is 23.3 Å². The fourth-order valence-corrected chi connectivity index (χ4v) is 1.89. The molecule has 1 rings (SSSR count). The number of phenols is 1. The molecule has 0 radical (unpaired) electrons. The Balaban J connectivity index is 3.09. The number of rotatable bonds is 5. The highest BCUT2D eigenvalue weighted by atomic mass is 16.5. The molecule has 1 atom stereocenters. The van der Waals surface area contributed by atoms with Crippen molar-refractivity contribution in [3.8, 4) is 11.5 Å². The van der Waals surface area contributed by atoms with Gasteiger partial charge in [-0.3, -0.25) is 4.79 Å². The lowest BCUT2D eigenvalue weighted by Gasteiger charge is -2.27. The minimum atomic E-state index is -0.164. The van der Waals surface area contributed by atoms with Gasteiger partial charge in [-0.2, -0.15) is 0 Å². The summed E-state index contributed by atoms with van der Waals surface area (Å²) < 4.78 is 5.02. The normalized spacial score (nSPS) is 12.0. The van der Waals surface area contributed by atoms with Crippen LogP contribution in [0.5, 0.6) is 11.5 Å². The lowest BCUT2D eigenvalue weighted by atomic mass is 10.1. The summed E-state index contributed by atoms with van der Waals surface area (Å²) in [6, 6.07) is 5.10. The number of benzene rings is 1. The molecule has 0 aliphatic carbocycles. The predicted octanol–water partition coefficient (Wildman–Crippen LogP) is 2.66. The Labute approximate surface area is 108 Å². The number of carbonyl (C=O) groups is 1. The van der Waals surface area contributed by atoms with Crippen molar-refractivity contribution >= 4 is 5.91 Å². The zero-order valence-electron chi connectivity index (χ0n) is 11.4. The van der Waals surface area contributed by atoms with Crippen molar-refractivity contribution in [2.24, 2.45) is 0 Å². The van der Waals surface area contributed by atoms with Crippen molar-refractivity contribution in [1.29, 1.82) is 0 Å². The van der Waals surface area contributed by atoms with Gasteiger partial charge in [-0.25, -0.2) is 0 Å². The Kier molecular flexibility index (Phi) is 5.01. The zero-order valence-corrected chi connectivity index (χ0v) is 11.4. The Bertz CT molecular complexity index is 418. The number of amides is 1. The molecule has 0 bridgehead atoms. The third kappa shape index (κ3) is 2.75. The summed E-state index contributed by atoms with van der Waals surface area (Å²) in [5.41, 5.74) is 0.288. The molecule has 1 unspecified atom stereocenters. The van der Waals surface area contributed by atoms with E-state index in [1.807, 2.05) is 20.8 Å². The molecule has 0 saturated carbocycles. The number of hydrogen-bond donors (Lipinski definition) is 1. The van der Waals surface area contributed by atoms with Crippen LogP contribution in [0, 0.1) is 0 Å². The quantitative estimate of drug-likeness (QED) is 0.875. The van der Waals surface area contributed by atoms with E-state index in [1.165, 1.54) is 7.11 Å². The second kappa shape index (κ2) is 6.28. The van der Waals surface area contributed by atoms with Crippen LogP contribution in [0.25, 0.3) is 0 Å². The van der Waals surface area contributed by atoms with Crippen LogP contribution in [0.2, 0.25) is 0 Å². The Morgan fingerprint density at radius 2 is 2.11 bits per heavy atom. The van der Waals surface area contributed by atoms with Gasteiger partial charge in [-0.05, 0) is 32.4 Å². The van der Waals surface area contributed by atoms with Crippen LogP contribution < -0.4 is 4.74 Å². The number of methoxy groups -OCH3 is 1. The molecule has 18 heavy (non-hydrogen) atoms. The third-order valence-electron chi connectivity index (χ3n) is 3.17. The molecule has 0 fully saturated rings. The Morgan fingerprint density at radius 3 is 2.61 bits per heavy atom. The summed E-state index contributed by atoms with van der Waals surface area (Å²) >= 11 is 0. The van der Waals surface area contributed by atoms with Crippen LogP contribution in [0.1, 0.15) is 37.6 Å². The van der Waals surface area contributed by atoms with Gasteiger partial charge >= 0.3 is 0 Å². The number of phenolic OH excluding ortho intramolecular Hbond substituents is 1. The number of carbonyl (C=O) groups excluding carboxylic acids is 1. The van der Waals surface area contributed by atoms with E-state index in [4.69, 9.17) is 4.74 Å². The van der Waals surface area contributed by atoms with Gasteiger partial charge in [0.1, 0.15) is 0 Å². The summed E-state index contributed by atoms with van der Waals surface area (Å²) in [6.45, 7) is 6.58. The molecule has 100 valence electrons. The molecule has 4 heteroatoms. The molecular weight excluding hydrogens is 230 g/mol. The van der Waals surface area contributed by atoms with Gasteiger partial charge < -0.3 is 14.7 Å². The second-order valence-electron chi connectivity index (χ2n) is 4.20. The van der Waals surface area contributed by atoms with Crippen LogP contribution in [0.4, 0.5) is 0 Å². The van der Waals surface area contributed by atoms with E-state index in [0.29, 0.717) is 12.3 Å². The molecule has 1 aromatic rings. The van der Waals surface area contributed by atoms with Crippen LogP contribution >= 0.6 is 0 Å². The highest BCUT2D eigenvalue weighted by Gasteiger charge is 2.22. The summed E-state index contributed by atoms with van der Waals surface area (Å²) in [6.07, 6.45) is 0.879. The maximum absolute atomic E-state index is 12.4. The van der Waals surface area contributed by atoms with Gasteiger partial charge in [0.05, 0.1) is 12.7 Å². The minimum absolute atomic E-state index is 0.0910. The topological polar surface area (TPSA) is 49.8 Å². The lowest BCUT2D eigenvalue weighted by Crippen LogP contribution is -2.38. The summed E-state index contributed by atoms with van der Waals surface area (Å²) in [4.78, 5) is 14.1. The molecule has 0 aromatic heterocycles. The molecule has 1 amide bonds. The molecule has 1 N–H and O–H groups in total. The summed E-state index contributed by atoms with van der Waals surface area (Å²) in [7, 11) is 1.47. The van der Waals surface area contributed by atoms with Crippen LogP contribution in [-0.2, 0) is 0 Å². The molecule has 4 nitrogen and oxygen atoms in total. The van der Waals surface area contributed by atoms with Crippen LogP contribution in [0.15, 0.2) is 18.2 Å². The first-order valence-electron chi connectivity index (χ1n) is 6.23. The van der Waals surface area contributed by atoms with Gasteiger partial charge in [-0.15, -0.1) is 0 Å². The van der Waals surface area contributed by atoms with E-state index in [2.05, 4.69) is 0 Å². The molecule has 0 aliphatic heterocycles. The maximum Gasteiger partial charge on any atom is 0.257 e. The van der Waals surface area contributed by atoms with Crippen molar-refractivity contribution in [2.45, 2.75) is 33.2 Å². The van der Waals surface area contributed by atoms with Crippen molar-refractivity contribution in [3.63, 3.8) is 0 Å². The predicted molar refractivity (Wildman–Crippen MR) is 71.1 cm³/mol. The second-order valence-corrected chi connectivity index (χ2v) is 4.20. The van der Waals surface area contributed by atoms with Gasteiger partial charge in [0.15, 0.2) is 11.5 Å². The number of para-hydroxylation sites is 1. The zero-order chi connectivity index (χ0) is 13.7. The molecule has 1 aromatic carbocycles. The van der Waals surface area contributed by atoms with Gasteiger partial charge in [0.25, 0.3) is 5.91 Å². The van der Waals surface area contributed by atoms with Gasteiger partial charge in [0, 0.05) is 12.6 Å². The average Bonchev–Trinajstić information content (AvgIpc) is 2.39. The Morgan fingerprint density at radius 1 is 1.44 bits per heavy atom. The van der Waals surface area contributed by atoms with E-state index in [1.54, 1.807) is 23.1 Å². The van der Waals surface area contributed by atoms with Crippen molar-refractivity contribution in [3.05, 3.63) is 23.8 Å². The molecule has 0 heterocycles. The number of hydrogen-bond acceptors (Lipinski definition) is 3. The van der Waals surface area contributed by atoms with E-state index in [9.17, 15) is 9.90 Å². The lowest BCUT2D eigenvalue weighted by molar-refractivity contribution is 0.0696. The SMILES string of the molecule is CCC(C)N(CC)C(=O)c1cccc(OC)c1O.